The molecular weight excluding hydrogens is 731 g/mol. The fourth-order valence-electron chi connectivity index (χ4n) is 6.38. The van der Waals surface area contributed by atoms with Crippen molar-refractivity contribution in [2.75, 3.05) is 13.2 Å². The molecule has 8 unspecified atom stereocenters. The van der Waals surface area contributed by atoms with Gasteiger partial charge >= 0.3 is 10.4 Å². The predicted molar refractivity (Wildman–Crippen MR) is 214 cm³/mol. The number of hydrogen-bond acceptors (Lipinski definition) is 11. The van der Waals surface area contributed by atoms with Crippen molar-refractivity contribution < 1.29 is 57.0 Å². The minimum atomic E-state index is -5.12. The SMILES string of the molecule is CCC/C=C/CC/C=C/CC/C=C/C(O)C(COC1OC(CO)C(O)C(OS(=O)(=O)O)C1O)NC(=O)C(O)CCCCCCCCCCCCCCCCC. The zero-order valence-corrected chi connectivity index (χ0v) is 34.4. The van der Waals surface area contributed by atoms with E-state index >= 15 is 0 Å². The number of carbonyl (C=O) groups is 1. The molecule has 0 radical (unpaired) electrons. The average Bonchev–Trinajstić information content (AvgIpc) is 3.15. The molecule has 1 fully saturated rings. The summed E-state index contributed by atoms with van der Waals surface area (Å²) in [5.74, 6) is -0.719. The molecule has 1 aliphatic rings. The summed E-state index contributed by atoms with van der Waals surface area (Å²) in [6.07, 6.45) is 23.9. The van der Waals surface area contributed by atoms with Gasteiger partial charge in [0.1, 0.15) is 30.5 Å². The van der Waals surface area contributed by atoms with Crippen molar-refractivity contribution in [3.8, 4) is 0 Å². The van der Waals surface area contributed by atoms with E-state index in [4.69, 9.17) is 14.0 Å². The Morgan fingerprint density at radius 1 is 0.727 bits per heavy atom. The molecule has 14 heteroatoms. The van der Waals surface area contributed by atoms with Crippen LogP contribution in [0.25, 0.3) is 0 Å². The van der Waals surface area contributed by atoms with E-state index in [1.54, 1.807) is 6.08 Å². The highest BCUT2D eigenvalue weighted by atomic mass is 32.3. The van der Waals surface area contributed by atoms with E-state index in [2.05, 4.69) is 47.7 Å². The van der Waals surface area contributed by atoms with Gasteiger partial charge in [-0.05, 0) is 38.5 Å². The minimum Gasteiger partial charge on any atom is -0.394 e. The lowest BCUT2D eigenvalue weighted by Gasteiger charge is -2.41. The van der Waals surface area contributed by atoms with E-state index in [0.29, 0.717) is 12.8 Å². The fraction of sp³-hybridized carbons (Fsp3) is 0.829. The van der Waals surface area contributed by atoms with Crippen molar-refractivity contribution in [1.29, 1.82) is 0 Å². The summed E-state index contributed by atoms with van der Waals surface area (Å²) in [4.78, 5) is 13.0. The lowest BCUT2D eigenvalue weighted by Crippen LogP contribution is -2.61. The molecule has 0 aliphatic carbocycles. The Bertz CT molecular complexity index is 1150. The molecule has 0 bridgehead atoms. The van der Waals surface area contributed by atoms with Crippen LogP contribution in [-0.4, -0.2) is 107 Å². The highest BCUT2D eigenvalue weighted by Crippen LogP contribution is 2.26. The molecule has 0 aromatic rings. The van der Waals surface area contributed by atoms with Crippen LogP contribution in [0.3, 0.4) is 0 Å². The van der Waals surface area contributed by atoms with Crippen molar-refractivity contribution in [2.24, 2.45) is 0 Å². The Balaban J connectivity index is 2.65. The number of aliphatic hydroxyl groups is 5. The maximum absolute atomic E-state index is 13.0. The predicted octanol–water partition coefficient (Wildman–Crippen LogP) is 6.13. The molecule has 0 saturated carbocycles. The second-order valence-electron chi connectivity index (χ2n) is 14.7. The number of rotatable bonds is 34. The number of ether oxygens (including phenoxy) is 2. The van der Waals surface area contributed by atoms with Crippen LogP contribution in [-0.2, 0) is 28.9 Å². The van der Waals surface area contributed by atoms with Gasteiger partial charge in [0, 0.05) is 0 Å². The summed E-state index contributed by atoms with van der Waals surface area (Å²) in [6.45, 7) is 3.09. The summed E-state index contributed by atoms with van der Waals surface area (Å²) >= 11 is 0. The number of amides is 1. The van der Waals surface area contributed by atoms with Crippen LogP contribution in [0.2, 0.25) is 0 Å². The van der Waals surface area contributed by atoms with Gasteiger partial charge in [-0.15, -0.1) is 0 Å². The monoisotopic (exact) mass is 806 g/mol. The summed E-state index contributed by atoms with van der Waals surface area (Å²) in [5, 5.41) is 54.9. The number of carbonyl (C=O) groups excluding carboxylic acids is 1. The minimum absolute atomic E-state index is 0.236. The second-order valence-corrected chi connectivity index (χ2v) is 15.8. The zero-order valence-electron chi connectivity index (χ0n) is 33.6. The van der Waals surface area contributed by atoms with Gasteiger partial charge in [-0.2, -0.15) is 8.42 Å². The zero-order chi connectivity index (χ0) is 40.7. The van der Waals surface area contributed by atoms with E-state index in [-0.39, 0.29) is 6.42 Å². The molecule has 13 nitrogen and oxygen atoms in total. The molecule has 322 valence electrons. The first-order chi connectivity index (χ1) is 26.4. The van der Waals surface area contributed by atoms with Crippen LogP contribution in [0.1, 0.15) is 155 Å². The third kappa shape index (κ3) is 25.3. The summed E-state index contributed by atoms with van der Waals surface area (Å²) in [7, 11) is -5.12. The maximum Gasteiger partial charge on any atom is 0.397 e. The van der Waals surface area contributed by atoms with Crippen LogP contribution in [0.4, 0.5) is 0 Å². The third-order valence-corrected chi connectivity index (χ3v) is 10.2. The van der Waals surface area contributed by atoms with E-state index in [9.17, 15) is 38.7 Å². The first-order valence-electron chi connectivity index (χ1n) is 21.0. The number of aliphatic hydroxyl groups excluding tert-OH is 5. The van der Waals surface area contributed by atoms with Gasteiger partial charge in [-0.25, -0.2) is 4.18 Å². The van der Waals surface area contributed by atoms with Crippen molar-refractivity contribution in [3.05, 3.63) is 36.5 Å². The fourth-order valence-corrected chi connectivity index (χ4v) is 6.89. The smallest absolute Gasteiger partial charge is 0.394 e. The molecule has 0 spiro atoms. The second kappa shape index (κ2) is 32.3. The molecule has 0 aromatic carbocycles. The topological polar surface area (TPSA) is 212 Å². The number of hydrogen-bond donors (Lipinski definition) is 7. The van der Waals surface area contributed by atoms with Gasteiger partial charge in [-0.1, -0.05) is 153 Å². The van der Waals surface area contributed by atoms with Crippen LogP contribution in [0.15, 0.2) is 36.5 Å². The van der Waals surface area contributed by atoms with Crippen LogP contribution < -0.4 is 5.32 Å². The van der Waals surface area contributed by atoms with Gasteiger partial charge in [0.15, 0.2) is 6.29 Å². The molecule has 1 aliphatic heterocycles. The molecule has 1 rings (SSSR count). The first-order valence-corrected chi connectivity index (χ1v) is 22.3. The molecular formula is C41H75NO12S. The summed E-state index contributed by atoms with van der Waals surface area (Å²) in [6, 6.07) is -1.14. The number of allylic oxidation sites excluding steroid dienone is 5. The Morgan fingerprint density at radius 2 is 1.22 bits per heavy atom. The molecule has 8 atom stereocenters. The summed E-state index contributed by atoms with van der Waals surface area (Å²) in [5.41, 5.74) is 0. The van der Waals surface area contributed by atoms with Crippen molar-refractivity contribution in [2.45, 2.75) is 204 Å². The normalized spacial score (nSPS) is 22.5. The average molecular weight is 806 g/mol. The Hall–Kier alpha value is -1.72. The van der Waals surface area contributed by atoms with E-state index in [1.165, 1.54) is 76.7 Å². The van der Waals surface area contributed by atoms with Crippen LogP contribution in [0, 0.1) is 0 Å². The Labute approximate surface area is 331 Å². The third-order valence-electron chi connectivity index (χ3n) is 9.74. The van der Waals surface area contributed by atoms with E-state index in [1.807, 2.05) is 0 Å². The van der Waals surface area contributed by atoms with Gasteiger partial charge in [0.2, 0.25) is 5.91 Å². The summed E-state index contributed by atoms with van der Waals surface area (Å²) < 4.78 is 47.3. The van der Waals surface area contributed by atoms with Gasteiger partial charge in [0.25, 0.3) is 0 Å². The largest absolute Gasteiger partial charge is 0.397 e. The molecule has 55 heavy (non-hydrogen) atoms. The lowest BCUT2D eigenvalue weighted by atomic mass is 9.99. The standard InChI is InChI=1S/C41H75NO12S/c1-3-5-7-9-11-13-15-16-17-18-20-22-24-26-28-30-35(45)40(48)42-33(34(44)29-27-25-23-21-19-14-12-10-8-6-4-2)32-52-41-38(47)39(54-55(49,50)51)37(46)36(31-43)53-41/h8,10,19,21,27,29,33-39,41,43-47H,3-7,9,11-18,20,22-26,28,30-32H2,1-2H3,(H,42,48)(H,49,50,51)/b10-8+,21-19+,29-27+. The number of nitrogens with one attached hydrogen (secondary N) is 1. The molecule has 1 saturated heterocycles. The van der Waals surface area contributed by atoms with Crippen molar-refractivity contribution >= 4 is 16.3 Å². The van der Waals surface area contributed by atoms with Crippen molar-refractivity contribution in [1.82, 2.24) is 5.32 Å². The lowest BCUT2D eigenvalue weighted by molar-refractivity contribution is -0.298. The highest BCUT2D eigenvalue weighted by molar-refractivity contribution is 7.80. The van der Waals surface area contributed by atoms with Crippen LogP contribution in [0.5, 0.6) is 0 Å². The number of unbranched alkanes of at least 4 members (excludes halogenated alkanes) is 17. The molecule has 1 heterocycles. The first kappa shape index (κ1) is 51.3. The Kier molecular flexibility index (Phi) is 30.1. The van der Waals surface area contributed by atoms with Gasteiger partial charge in [0.05, 0.1) is 25.4 Å². The molecule has 0 aromatic heterocycles. The quantitative estimate of drug-likeness (QED) is 0.0223. The molecule has 7 N–H and O–H groups in total. The van der Waals surface area contributed by atoms with E-state index < -0.39 is 78.5 Å². The highest BCUT2D eigenvalue weighted by Gasteiger charge is 2.48. The molecule has 1 amide bonds. The van der Waals surface area contributed by atoms with Crippen molar-refractivity contribution in [3.63, 3.8) is 0 Å². The van der Waals surface area contributed by atoms with Gasteiger partial charge in [-0.3, -0.25) is 9.35 Å². The van der Waals surface area contributed by atoms with E-state index in [0.717, 1.165) is 51.4 Å². The van der Waals surface area contributed by atoms with Gasteiger partial charge < -0.3 is 40.3 Å². The maximum atomic E-state index is 13.0. The van der Waals surface area contributed by atoms with Crippen LogP contribution >= 0.6 is 0 Å². The Morgan fingerprint density at radius 3 is 1.71 bits per heavy atom.